The van der Waals surface area contributed by atoms with Gasteiger partial charge in [-0.15, -0.1) is 0 Å². The van der Waals surface area contributed by atoms with Crippen molar-refractivity contribution in [2.45, 2.75) is 13.5 Å². The highest BCUT2D eigenvalue weighted by Gasteiger charge is 2.21. The van der Waals surface area contributed by atoms with Crippen molar-refractivity contribution in [3.8, 4) is 23.3 Å². The van der Waals surface area contributed by atoms with Gasteiger partial charge in [-0.1, -0.05) is 5.92 Å². The summed E-state index contributed by atoms with van der Waals surface area (Å²) < 4.78 is 10.7. The second kappa shape index (κ2) is 7.71. The van der Waals surface area contributed by atoms with Crippen LogP contribution in [0.3, 0.4) is 0 Å². The molecule has 1 aromatic carbocycles. The van der Waals surface area contributed by atoms with Gasteiger partial charge in [0.25, 0.3) is 5.91 Å². The molecule has 22 heavy (non-hydrogen) atoms. The fourth-order valence-corrected chi connectivity index (χ4v) is 2.54. The number of piperazine rings is 1. The monoisotopic (exact) mass is 302 g/mol. The van der Waals surface area contributed by atoms with Crippen LogP contribution in [0.25, 0.3) is 0 Å². The number of nitrogens with zero attached hydrogens (tertiary/aromatic N) is 2. The Morgan fingerprint density at radius 1 is 1.18 bits per heavy atom. The van der Waals surface area contributed by atoms with Crippen molar-refractivity contribution in [3.05, 3.63) is 23.8 Å². The zero-order chi connectivity index (χ0) is 15.9. The van der Waals surface area contributed by atoms with E-state index in [-0.39, 0.29) is 5.91 Å². The lowest BCUT2D eigenvalue weighted by Gasteiger charge is -2.34. The number of amides is 1. The average molecular weight is 302 g/mol. The Morgan fingerprint density at radius 3 is 2.50 bits per heavy atom. The highest BCUT2D eigenvalue weighted by atomic mass is 16.5. The molecule has 1 aromatic rings. The molecule has 0 N–H and O–H groups in total. The fourth-order valence-electron chi connectivity index (χ4n) is 2.54. The smallest absolute Gasteiger partial charge is 0.298 e. The number of ether oxygens (including phenoxy) is 2. The van der Waals surface area contributed by atoms with Gasteiger partial charge in [-0.2, -0.15) is 0 Å². The van der Waals surface area contributed by atoms with Crippen LogP contribution in [0.2, 0.25) is 0 Å². The highest BCUT2D eigenvalue weighted by molar-refractivity contribution is 5.93. The lowest BCUT2D eigenvalue weighted by atomic mass is 10.1. The van der Waals surface area contributed by atoms with Gasteiger partial charge in [-0.3, -0.25) is 9.69 Å². The van der Waals surface area contributed by atoms with E-state index in [0.717, 1.165) is 36.7 Å². The first-order chi connectivity index (χ1) is 10.7. The van der Waals surface area contributed by atoms with E-state index in [1.165, 1.54) is 0 Å². The normalized spacial score (nSPS) is 15.0. The molecule has 1 aliphatic heterocycles. The summed E-state index contributed by atoms with van der Waals surface area (Å²) in [6.07, 6.45) is 0. The molecule has 1 heterocycles. The number of methoxy groups -OCH3 is 2. The highest BCUT2D eigenvalue weighted by Crippen LogP contribution is 2.25. The molecule has 0 atom stereocenters. The Bertz CT molecular complexity index is 581. The third-order valence-corrected chi connectivity index (χ3v) is 3.77. The van der Waals surface area contributed by atoms with Crippen LogP contribution in [-0.4, -0.2) is 56.1 Å². The fraction of sp³-hybridized carbons (Fsp3) is 0.471. The molecule has 1 aliphatic rings. The van der Waals surface area contributed by atoms with Crippen molar-refractivity contribution in [2.24, 2.45) is 0 Å². The van der Waals surface area contributed by atoms with E-state index in [9.17, 15) is 4.79 Å². The molecule has 0 saturated carbocycles. The van der Waals surface area contributed by atoms with Crippen molar-refractivity contribution in [3.63, 3.8) is 0 Å². The largest absolute Gasteiger partial charge is 0.497 e. The van der Waals surface area contributed by atoms with Gasteiger partial charge in [0.15, 0.2) is 0 Å². The van der Waals surface area contributed by atoms with Crippen molar-refractivity contribution in [1.29, 1.82) is 0 Å². The molecule has 0 bridgehead atoms. The predicted octanol–water partition coefficient (Wildman–Crippen LogP) is 1.37. The minimum Gasteiger partial charge on any atom is -0.497 e. The SMILES string of the molecule is CC#CC(=O)N1CCN(Cc2cc(OC)ccc2OC)CC1. The van der Waals surface area contributed by atoms with Gasteiger partial charge in [-0.05, 0) is 31.0 Å². The second-order valence-electron chi connectivity index (χ2n) is 5.12. The average Bonchev–Trinajstić information content (AvgIpc) is 2.55. The molecule has 2 rings (SSSR count). The Morgan fingerprint density at radius 2 is 1.91 bits per heavy atom. The van der Waals surface area contributed by atoms with Crippen LogP contribution in [0.15, 0.2) is 18.2 Å². The summed E-state index contributed by atoms with van der Waals surface area (Å²) in [5.74, 6) is 6.85. The molecule has 1 fully saturated rings. The van der Waals surface area contributed by atoms with Crippen molar-refractivity contribution < 1.29 is 14.3 Å². The molecule has 5 nitrogen and oxygen atoms in total. The van der Waals surface area contributed by atoms with E-state index in [0.29, 0.717) is 13.1 Å². The van der Waals surface area contributed by atoms with Crippen LogP contribution in [0.5, 0.6) is 11.5 Å². The van der Waals surface area contributed by atoms with Crippen LogP contribution < -0.4 is 9.47 Å². The third kappa shape index (κ3) is 3.92. The first kappa shape index (κ1) is 16.2. The first-order valence-corrected chi connectivity index (χ1v) is 7.33. The summed E-state index contributed by atoms with van der Waals surface area (Å²) in [4.78, 5) is 15.9. The minimum absolute atomic E-state index is 0.0823. The zero-order valence-electron chi connectivity index (χ0n) is 13.4. The standard InChI is InChI=1S/C17H22N2O3/c1-4-5-17(20)19-10-8-18(9-11-19)13-14-12-15(21-2)6-7-16(14)22-3/h6-7,12H,8-11,13H2,1-3H3. The van der Waals surface area contributed by atoms with Crippen molar-refractivity contribution in [2.75, 3.05) is 40.4 Å². The topological polar surface area (TPSA) is 42.0 Å². The number of carbonyl (C=O) groups is 1. The van der Waals surface area contributed by atoms with Gasteiger partial charge < -0.3 is 14.4 Å². The van der Waals surface area contributed by atoms with Gasteiger partial charge in [-0.25, -0.2) is 0 Å². The summed E-state index contributed by atoms with van der Waals surface area (Å²) in [7, 11) is 3.33. The summed E-state index contributed by atoms with van der Waals surface area (Å²) in [6.45, 7) is 5.54. The van der Waals surface area contributed by atoms with Crippen LogP contribution in [-0.2, 0) is 11.3 Å². The summed E-state index contributed by atoms with van der Waals surface area (Å²) in [5, 5.41) is 0. The molecule has 0 spiro atoms. The Balaban J connectivity index is 1.98. The van der Waals surface area contributed by atoms with Gasteiger partial charge in [0.05, 0.1) is 14.2 Å². The lowest BCUT2D eigenvalue weighted by molar-refractivity contribution is -0.126. The predicted molar refractivity (Wildman–Crippen MR) is 84.9 cm³/mol. The Hall–Kier alpha value is -2.19. The second-order valence-corrected chi connectivity index (χ2v) is 5.12. The maximum absolute atomic E-state index is 11.7. The van der Waals surface area contributed by atoms with Gasteiger partial charge in [0.1, 0.15) is 11.5 Å². The first-order valence-electron chi connectivity index (χ1n) is 7.33. The Labute approximate surface area is 131 Å². The molecule has 118 valence electrons. The van der Waals surface area contributed by atoms with Crippen LogP contribution in [0.1, 0.15) is 12.5 Å². The van der Waals surface area contributed by atoms with Crippen molar-refractivity contribution >= 4 is 5.91 Å². The molecule has 1 amide bonds. The van der Waals surface area contributed by atoms with Crippen molar-refractivity contribution in [1.82, 2.24) is 9.80 Å². The molecule has 1 saturated heterocycles. The van der Waals surface area contributed by atoms with Crippen LogP contribution in [0, 0.1) is 11.8 Å². The van der Waals surface area contributed by atoms with Gasteiger partial charge in [0, 0.05) is 38.3 Å². The number of hydrogen-bond donors (Lipinski definition) is 0. The Kier molecular flexibility index (Phi) is 5.68. The zero-order valence-corrected chi connectivity index (χ0v) is 13.4. The quantitative estimate of drug-likeness (QED) is 0.788. The van der Waals surface area contributed by atoms with Crippen LogP contribution >= 0.6 is 0 Å². The molecule has 0 radical (unpaired) electrons. The minimum atomic E-state index is -0.0823. The summed E-state index contributed by atoms with van der Waals surface area (Å²) in [6, 6.07) is 5.81. The van der Waals surface area contributed by atoms with E-state index in [1.807, 2.05) is 18.2 Å². The van der Waals surface area contributed by atoms with Crippen LogP contribution in [0.4, 0.5) is 0 Å². The van der Waals surface area contributed by atoms with E-state index >= 15 is 0 Å². The maximum Gasteiger partial charge on any atom is 0.298 e. The van der Waals surface area contributed by atoms with Gasteiger partial charge in [0.2, 0.25) is 0 Å². The van der Waals surface area contributed by atoms with E-state index in [1.54, 1.807) is 26.0 Å². The van der Waals surface area contributed by atoms with E-state index in [4.69, 9.17) is 9.47 Å². The molecule has 5 heteroatoms. The molecular formula is C17H22N2O3. The molecule has 0 aliphatic carbocycles. The molecule has 0 aromatic heterocycles. The molecular weight excluding hydrogens is 280 g/mol. The number of benzene rings is 1. The number of rotatable bonds is 4. The summed E-state index contributed by atoms with van der Waals surface area (Å²) in [5.41, 5.74) is 1.09. The summed E-state index contributed by atoms with van der Waals surface area (Å²) >= 11 is 0. The third-order valence-electron chi connectivity index (χ3n) is 3.77. The van der Waals surface area contributed by atoms with E-state index in [2.05, 4.69) is 16.7 Å². The number of hydrogen-bond acceptors (Lipinski definition) is 4. The lowest BCUT2D eigenvalue weighted by Crippen LogP contribution is -2.47. The van der Waals surface area contributed by atoms with Gasteiger partial charge >= 0.3 is 0 Å². The number of carbonyl (C=O) groups excluding carboxylic acids is 1. The maximum atomic E-state index is 11.7. The molecule has 0 unspecified atom stereocenters. The van der Waals surface area contributed by atoms with E-state index < -0.39 is 0 Å².